The molecule has 0 aromatic rings. The van der Waals surface area contributed by atoms with Gasteiger partial charge in [-0.1, -0.05) is 26.2 Å². The molecule has 1 N–H and O–H groups in total. The second-order valence-electron chi connectivity index (χ2n) is 5.91. The zero-order valence-electron chi connectivity index (χ0n) is 11.4. The molecule has 17 heavy (non-hydrogen) atoms. The number of hydrogen-bond donors (Lipinski definition) is 1. The van der Waals surface area contributed by atoms with E-state index >= 15 is 0 Å². The van der Waals surface area contributed by atoms with Crippen molar-refractivity contribution in [1.29, 1.82) is 0 Å². The normalized spacial score (nSPS) is 27.7. The Morgan fingerprint density at radius 3 is 2.59 bits per heavy atom. The van der Waals surface area contributed by atoms with Gasteiger partial charge in [-0.25, -0.2) is 0 Å². The highest BCUT2D eigenvalue weighted by Crippen LogP contribution is 2.32. The second-order valence-corrected chi connectivity index (χ2v) is 5.91. The summed E-state index contributed by atoms with van der Waals surface area (Å²) in [6.07, 6.45) is 12.7. The molecule has 2 heteroatoms. The highest BCUT2D eigenvalue weighted by Gasteiger charge is 2.25. The maximum atomic E-state index is 5.88. The number of hydrogen-bond acceptors (Lipinski definition) is 2. The molecule has 2 fully saturated rings. The maximum Gasteiger partial charge on any atom is 0.0590 e. The lowest BCUT2D eigenvalue weighted by Gasteiger charge is -2.33. The van der Waals surface area contributed by atoms with Gasteiger partial charge in [0, 0.05) is 12.6 Å². The fraction of sp³-hybridized carbons (Fsp3) is 1.00. The van der Waals surface area contributed by atoms with Crippen LogP contribution in [0.2, 0.25) is 0 Å². The summed E-state index contributed by atoms with van der Waals surface area (Å²) in [5.74, 6) is 1.01. The van der Waals surface area contributed by atoms with Crippen LogP contribution in [0.25, 0.3) is 0 Å². The predicted octanol–water partition coefficient (Wildman–Crippen LogP) is 3.50. The van der Waals surface area contributed by atoms with Crippen LogP contribution in [0.5, 0.6) is 0 Å². The Bertz CT molecular complexity index is 197. The molecule has 2 unspecified atom stereocenters. The third-order valence-electron chi connectivity index (χ3n) is 4.35. The lowest BCUT2D eigenvalue weighted by molar-refractivity contribution is 0.00284. The molecule has 2 rings (SSSR count). The van der Waals surface area contributed by atoms with E-state index in [0.29, 0.717) is 12.1 Å². The van der Waals surface area contributed by atoms with E-state index in [1.807, 2.05) is 0 Å². The Kier molecular flexibility index (Phi) is 5.79. The van der Waals surface area contributed by atoms with Gasteiger partial charge in [0.05, 0.1) is 6.10 Å². The third kappa shape index (κ3) is 4.59. The first-order chi connectivity index (χ1) is 8.38. The SMILES string of the molecule is CCCNC(CC1CCC1)CC1CCCCO1. The Morgan fingerprint density at radius 2 is 2.00 bits per heavy atom. The van der Waals surface area contributed by atoms with Gasteiger partial charge in [-0.05, 0) is 51.0 Å². The quantitative estimate of drug-likeness (QED) is 0.734. The van der Waals surface area contributed by atoms with Crippen molar-refractivity contribution < 1.29 is 4.74 Å². The molecule has 2 nitrogen and oxygen atoms in total. The van der Waals surface area contributed by atoms with E-state index in [1.165, 1.54) is 64.3 Å². The number of rotatable bonds is 7. The average molecular weight is 239 g/mol. The largest absolute Gasteiger partial charge is 0.378 e. The zero-order valence-corrected chi connectivity index (χ0v) is 11.4. The van der Waals surface area contributed by atoms with Crippen molar-refractivity contribution in [3.63, 3.8) is 0 Å². The molecular weight excluding hydrogens is 210 g/mol. The van der Waals surface area contributed by atoms with E-state index in [0.717, 1.165) is 12.5 Å². The summed E-state index contributed by atoms with van der Waals surface area (Å²) in [6.45, 7) is 4.42. The van der Waals surface area contributed by atoms with Crippen LogP contribution in [0.3, 0.4) is 0 Å². The van der Waals surface area contributed by atoms with Crippen molar-refractivity contribution in [3.05, 3.63) is 0 Å². The molecule has 0 radical (unpaired) electrons. The number of ether oxygens (including phenoxy) is 1. The lowest BCUT2D eigenvalue weighted by Crippen LogP contribution is -2.37. The van der Waals surface area contributed by atoms with Crippen molar-refractivity contribution in [2.75, 3.05) is 13.2 Å². The Labute approximate surface area is 107 Å². The fourth-order valence-electron chi connectivity index (χ4n) is 3.05. The van der Waals surface area contributed by atoms with Crippen LogP contribution in [0.1, 0.15) is 64.7 Å². The minimum atomic E-state index is 0.540. The summed E-state index contributed by atoms with van der Waals surface area (Å²) in [6, 6.07) is 0.711. The summed E-state index contributed by atoms with van der Waals surface area (Å²) in [5, 5.41) is 3.74. The molecule has 0 bridgehead atoms. The van der Waals surface area contributed by atoms with Crippen molar-refractivity contribution >= 4 is 0 Å². The molecular formula is C15H29NO. The molecule has 0 aromatic carbocycles. The maximum absolute atomic E-state index is 5.88. The first-order valence-electron chi connectivity index (χ1n) is 7.73. The molecule has 1 heterocycles. The standard InChI is InChI=1S/C15H29NO/c1-2-9-16-14(11-13-6-5-7-13)12-15-8-3-4-10-17-15/h13-16H,2-12H2,1H3. The second kappa shape index (κ2) is 7.38. The fourth-order valence-corrected chi connectivity index (χ4v) is 3.05. The van der Waals surface area contributed by atoms with Crippen molar-refractivity contribution in [3.8, 4) is 0 Å². The summed E-state index contributed by atoms with van der Waals surface area (Å²) >= 11 is 0. The van der Waals surface area contributed by atoms with Crippen molar-refractivity contribution in [1.82, 2.24) is 5.32 Å². The highest BCUT2D eigenvalue weighted by atomic mass is 16.5. The van der Waals surface area contributed by atoms with Gasteiger partial charge < -0.3 is 10.1 Å². The van der Waals surface area contributed by atoms with Gasteiger partial charge in [-0.15, -0.1) is 0 Å². The van der Waals surface area contributed by atoms with Gasteiger partial charge in [0.25, 0.3) is 0 Å². The zero-order chi connectivity index (χ0) is 11.9. The topological polar surface area (TPSA) is 21.3 Å². The lowest BCUT2D eigenvalue weighted by atomic mass is 9.79. The molecule has 0 amide bonds. The Morgan fingerprint density at radius 1 is 1.12 bits per heavy atom. The summed E-state index contributed by atoms with van der Waals surface area (Å²) < 4.78 is 5.88. The van der Waals surface area contributed by atoms with Crippen molar-refractivity contribution in [2.45, 2.75) is 76.9 Å². The van der Waals surface area contributed by atoms with Gasteiger partial charge in [-0.2, -0.15) is 0 Å². The van der Waals surface area contributed by atoms with E-state index < -0.39 is 0 Å². The smallest absolute Gasteiger partial charge is 0.0590 e. The summed E-state index contributed by atoms with van der Waals surface area (Å²) in [7, 11) is 0. The molecule has 100 valence electrons. The molecule has 1 saturated carbocycles. The third-order valence-corrected chi connectivity index (χ3v) is 4.35. The van der Waals surface area contributed by atoms with E-state index in [2.05, 4.69) is 12.2 Å². The molecule has 2 aliphatic rings. The predicted molar refractivity (Wildman–Crippen MR) is 72.2 cm³/mol. The average Bonchev–Trinajstić information content (AvgIpc) is 2.31. The molecule has 1 aliphatic carbocycles. The van der Waals surface area contributed by atoms with Crippen molar-refractivity contribution in [2.24, 2.45) is 5.92 Å². The molecule has 2 atom stereocenters. The van der Waals surface area contributed by atoms with Gasteiger partial charge >= 0.3 is 0 Å². The molecule has 0 spiro atoms. The first-order valence-corrected chi connectivity index (χ1v) is 7.73. The summed E-state index contributed by atoms with van der Waals surface area (Å²) in [4.78, 5) is 0. The van der Waals surface area contributed by atoms with Crippen LogP contribution in [0.15, 0.2) is 0 Å². The highest BCUT2D eigenvalue weighted by molar-refractivity contribution is 4.80. The Hall–Kier alpha value is -0.0800. The van der Waals surface area contributed by atoms with Crippen LogP contribution in [-0.2, 0) is 4.74 Å². The van der Waals surface area contributed by atoms with E-state index in [-0.39, 0.29) is 0 Å². The van der Waals surface area contributed by atoms with Crippen LogP contribution < -0.4 is 5.32 Å². The minimum absolute atomic E-state index is 0.540. The molecule has 0 aromatic heterocycles. The minimum Gasteiger partial charge on any atom is -0.378 e. The first kappa shape index (κ1) is 13.4. The molecule has 1 saturated heterocycles. The molecule has 1 aliphatic heterocycles. The monoisotopic (exact) mass is 239 g/mol. The number of nitrogens with one attached hydrogen (secondary N) is 1. The summed E-state index contributed by atoms with van der Waals surface area (Å²) in [5.41, 5.74) is 0. The Balaban J connectivity index is 1.71. The van der Waals surface area contributed by atoms with Gasteiger partial charge in [0.1, 0.15) is 0 Å². The van der Waals surface area contributed by atoms with Crippen LogP contribution >= 0.6 is 0 Å². The van der Waals surface area contributed by atoms with E-state index in [4.69, 9.17) is 4.74 Å². The van der Waals surface area contributed by atoms with Crippen LogP contribution in [0.4, 0.5) is 0 Å². The van der Waals surface area contributed by atoms with E-state index in [1.54, 1.807) is 0 Å². The van der Waals surface area contributed by atoms with E-state index in [9.17, 15) is 0 Å². The van der Waals surface area contributed by atoms with Crippen LogP contribution in [0, 0.1) is 5.92 Å². The van der Waals surface area contributed by atoms with Gasteiger partial charge in [0.2, 0.25) is 0 Å². The van der Waals surface area contributed by atoms with Crippen LogP contribution in [-0.4, -0.2) is 25.3 Å². The van der Waals surface area contributed by atoms with Gasteiger partial charge in [-0.3, -0.25) is 0 Å². The van der Waals surface area contributed by atoms with Gasteiger partial charge in [0.15, 0.2) is 0 Å².